The highest BCUT2D eigenvalue weighted by Gasteiger charge is 2.94. The summed E-state index contributed by atoms with van der Waals surface area (Å²) in [6, 6.07) is 0.124. The SMILES string of the molecule is C=C1C[C@]23C[C@]4(O)[C@@H]5[C@]6(C)CN4[C@@H]4[C@@H]2[C@H](OC(C)=O)[C@H]1[C@H](O)[C@H]3[C@]54CC[C@H]6O. The predicted octanol–water partition coefficient (Wildman–Crippen LogP) is 0.655. The Labute approximate surface area is 164 Å². The summed E-state index contributed by atoms with van der Waals surface area (Å²) in [6.07, 6.45) is 1.63. The Morgan fingerprint density at radius 2 is 2.11 bits per heavy atom. The second-order valence-electron chi connectivity index (χ2n) is 11.4. The van der Waals surface area contributed by atoms with Gasteiger partial charge in [0.15, 0.2) is 0 Å². The third-order valence-electron chi connectivity index (χ3n) is 10.7. The van der Waals surface area contributed by atoms with E-state index in [9.17, 15) is 20.1 Å². The summed E-state index contributed by atoms with van der Waals surface area (Å²) in [6.45, 7) is 8.55. The molecule has 2 spiro atoms. The molecule has 9 aliphatic rings. The summed E-state index contributed by atoms with van der Waals surface area (Å²) in [5.74, 6) is -0.291. The minimum absolute atomic E-state index is 0.0258. The molecule has 1 unspecified atom stereocenters. The summed E-state index contributed by atoms with van der Waals surface area (Å²) in [5, 5.41) is 34.6. The molecule has 9 fully saturated rings. The highest BCUT2D eigenvalue weighted by Crippen LogP contribution is 2.89. The van der Waals surface area contributed by atoms with Crippen molar-refractivity contribution in [2.75, 3.05) is 6.54 Å². The first-order chi connectivity index (χ1) is 13.1. The Hall–Kier alpha value is -0.950. The number of carbonyl (C=O) groups excluding carboxylic acids is 1. The molecule has 13 atom stereocenters. The Morgan fingerprint density at radius 1 is 1.36 bits per heavy atom. The van der Waals surface area contributed by atoms with Gasteiger partial charge in [0.25, 0.3) is 0 Å². The van der Waals surface area contributed by atoms with Gasteiger partial charge >= 0.3 is 5.97 Å². The Bertz CT molecular complexity index is 860. The van der Waals surface area contributed by atoms with Gasteiger partial charge in [0.2, 0.25) is 0 Å². The first-order valence-electron chi connectivity index (χ1n) is 10.8. The van der Waals surface area contributed by atoms with E-state index in [4.69, 9.17) is 4.74 Å². The predicted molar refractivity (Wildman–Crippen MR) is 97.6 cm³/mol. The lowest BCUT2D eigenvalue weighted by Crippen LogP contribution is -2.71. The van der Waals surface area contributed by atoms with Gasteiger partial charge in [-0.2, -0.15) is 0 Å². The minimum Gasteiger partial charge on any atom is -0.461 e. The zero-order valence-electron chi connectivity index (χ0n) is 16.5. The lowest BCUT2D eigenvalue weighted by Gasteiger charge is -2.67. The van der Waals surface area contributed by atoms with Crippen LogP contribution in [-0.2, 0) is 9.53 Å². The van der Waals surface area contributed by atoms with Crippen molar-refractivity contribution in [3.05, 3.63) is 12.2 Å². The van der Waals surface area contributed by atoms with Crippen molar-refractivity contribution >= 4 is 5.97 Å². The van der Waals surface area contributed by atoms with Crippen LogP contribution < -0.4 is 0 Å². The van der Waals surface area contributed by atoms with E-state index in [2.05, 4.69) is 18.4 Å². The third-order valence-corrected chi connectivity index (χ3v) is 10.7. The smallest absolute Gasteiger partial charge is 0.302 e. The number of fused-ring (bicyclic) bond motifs is 1. The van der Waals surface area contributed by atoms with Crippen LogP contribution in [0.15, 0.2) is 12.2 Å². The maximum Gasteiger partial charge on any atom is 0.302 e. The third kappa shape index (κ3) is 1.26. The Morgan fingerprint density at radius 3 is 2.82 bits per heavy atom. The van der Waals surface area contributed by atoms with Gasteiger partial charge in [0, 0.05) is 42.7 Å². The molecule has 9 bridgehead atoms. The molecule has 0 radical (unpaired) electrons. The Kier molecular flexibility index (Phi) is 2.55. The van der Waals surface area contributed by atoms with E-state index in [-0.39, 0.29) is 58.0 Å². The molecule has 6 saturated carbocycles. The van der Waals surface area contributed by atoms with E-state index in [0.29, 0.717) is 13.0 Å². The number of piperidine rings is 2. The van der Waals surface area contributed by atoms with Crippen molar-refractivity contribution in [3.63, 3.8) is 0 Å². The topological polar surface area (TPSA) is 90.2 Å². The van der Waals surface area contributed by atoms with Gasteiger partial charge in [-0.3, -0.25) is 9.69 Å². The van der Waals surface area contributed by atoms with Crippen LogP contribution in [0.2, 0.25) is 0 Å². The summed E-state index contributed by atoms with van der Waals surface area (Å²) < 4.78 is 5.90. The highest BCUT2D eigenvalue weighted by molar-refractivity contribution is 5.66. The molecule has 28 heavy (non-hydrogen) atoms. The van der Waals surface area contributed by atoms with Crippen LogP contribution >= 0.6 is 0 Å². The molecule has 0 aromatic heterocycles. The van der Waals surface area contributed by atoms with Crippen molar-refractivity contribution in [1.29, 1.82) is 0 Å². The van der Waals surface area contributed by atoms with E-state index in [1.165, 1.54) is 6.92 Å². The number of aliphatic hydroxyl groups is 3. The molecule has 6 nitrogen and oxygen atoms in total. The van der Waals surface area contributed by atoms with Crippen LogP contribution in [0.5, 0.6) is 0 Å². The number of esters is 1. The number of aliphatic hydroxyl groups excluding tert-OH is 2. The molecule has 152 valence electrons. The monoisotopic (exact) mass is 387 g/mol. The zero-order chi connectivity index (χ0) is 19.6. The van der Waals surface area contributed by atoms with Crippen LogP contribution in [0.25, 0.3) is 0 Å². The van der Waals surface area contributed by atoms with Gasteiger partial charge in [-0.25, -0.2) is 0 Å². The van der Waals surface area contributed by atoms with Crippen molar-refractivity contribution < 1.29 is 24.9 Å². The second kappa shape index (κ2) is 4.25. The average Bonchev–Trinajstić information content (AvgIpc) is 2.96. The van der Waals surface area contributed by atoms with Gasteiger partial charge < -0.3 is 20.1 Å². The fourth-order valence-corrected chi connectivity index (χ4v) is 10.9. The highest BCUT2D eigenvalue weighted by atomic mass is 16.5. The number of hydrogen-bond acceptors (Lipinski definition) is 6. The first-order valence-corrected chi connectivity index (χ1v) is 10.8. The maximum atomic E-state index is 12.0. The summed E-state index contributed by atoms with van der Waals surface area (Å²) in [4.78, 5) is 14.3. The molecular weight excluding hydrogens is 358 g/mol. The van der Waals surface area contributed by atoms with E-state index in [1.54, 1.807) is 0 Å². The number of carbonyl (C=O) groups is 1. The van der Waals surface area contributed by atoms with Crippen LogP contribution in [0.1, 0.15) is 39.5 Å². The molecule has 0 aromatic carbocycles. The van der Waals surface area contributed by atoms with Crippen LogP contribution in [-0.4, -0.2) is 62.8 Å². The quantitative estimate of drug-likeness (QED) is 0.452. The first kappa shape index (κ1) is 16.8. The lowest BCUT2D eigenvalue weighted by molar-refractivity contribution is -0.273. The van der Waals surface area contributed by atoms with Crippen LogP contribution in [0, 0.1) is 39.9 Å². The van der Waals surface area contributed by atoms with Crippen molar-refractivity contribution in [2.45, 2.75) is 69.6 Å². The molecule has 0 aromatic rings. The fourth-order valence-electron chi connectivity index (χ4n) is 10.9. The van der Waals surface area contributed by atoms with E-state index >= 15 is 0 Å². The molecule has 3 saturated heterocycles. The molecule has 3 aliphatic heterocycles. The van der Waals surface area contributed by atoms with Crippen LogP contribution in [0.4, 0.5) is 0 Å². The molecule has 6 heteroatoms. The van der Waals surface area contributed by atoms with Gasteiger partial charge in [0.1, 0.15) is 11.8 Å². The molecule has 0 amide bonds. The lowest BCUT2D eigenvalue weighted by atomic mass is 9.39. The molecule has 3 N–H and O–H groups in total. The van der Waals surface area contributed by atoms with E-state index in [0.717, 1.165) is 24.8 Å². The standard InChI is InChI=1S/C22H29NO5/c1-9-6-20-7-22(27)18-19(3)8-23(22)17-13(20)15(28-10(2)24)12(9)14(26)16(20)21(17,18)5-4-11(19)25/h11-18,25-27H,1,4-8H2,2-3H3/t11-,12-,13+,14+,15-,16-,17-,18-,19-,20+,21+,22+/m1/s1. The van der Waals surface area contributed by atoms with Crippen molar-refractivity contribution in [1.82, 2.24) is 4.90 Å². The summed E-state index contributed by atoms with van der Waals surface area (Å²) in [5.41, 5.74) is -0.717. The van der Waals surface area contributed by atoms with Crippen molar-refractivity contribution in [3.8, 4) is 0 Å². The normalized spacial score (nSPS) is 69.3. The van der Waals surface area contributed by atoms with Crippen LogP contribution in [0.3, 0.4) is 0 Å². The van der Waals surface area contributed by atoms with Gasteiger partial charge in [0.05, 0.1) is 12.2 Å². The molecule has 9 rings (SSSR count). The van der Waals surface area contributed by atoms with E-state index in [1.807, 2.05) is 0 Å². The van der Waals surface area contributed by atoms with E-state index < -0.39 is 17.9 Å². The second-order valence-corrected chi connectivity index (χ2v) is 11.4. The number of hydrogen-bond donors (Lipinski definition) is 3. The summed E-state index contributed by atoms with van der Waals surface area (Å²) in [7, 11) is 0. The fraction of sp³-hybridized carbons (Fsp3) is 0.864. The Balaban J connectivity index is 1.50. The van der Waals surface area contributed by atoms with Gasteiger partial charge in [-0.15, -0.1) is 0 Å². The van der Waals surface area contributed by atoms with Gasteiger partial charge in [-0.1, -0.05) is 19.1 Å². The summed E-state index contributed by atoms with van der Waals surface area (Å²) >= 11 is 0. The zero-order valence-corrected chi connectivity index (χ0v) is 16.5. The minimum atomic E-state index is -0.918. The number of ether oxygens (including phenoxy) is 1. The average molecular weight is 387 g/mol. The molecule has 6 aliphatic carbocycles. The molecule has 3 heterocycles. The van der Waals surface area contributed by atoms with Crippen molar-refractivity contribution in [2.24, 2.45) is 39.9 Å². The largest absolute Gasteiger partial charge is 0.461 e. The molecular formula is C22H29NO5. The number of rotatable bonds is 1. The maximum absolute atomic E-state index is 12.0. The van der Waals surface area contributed by atoms with Gasteiger partial charge in [-0.05, 0) is 42.4 Å². The number of nitrogens with zero attached hydrogens (tertiary/aromatic N) is 1.